The van der Waals surface area contributed by atoms with E-state index in [4.69, 9.17) is 0 Å². The van der Waals surface area contributed by atoms with Crippen LogP contribution in [-0.4, -0.2) is 78.4 Å². The van der Waals surface area contributed by atoms with Crippen molar-refractivity contribution in [3.63, 3.8) is 0 Å². The smallest absolute Gasteiger partial charge is 0.229 e. The Morgan fingerprint density at radius 2 is 1.86 bits per heavy atom. The highest BCUT2D eigenvalue weighted by Crippen LogP contribution is 2.13. The van der Waals surface area contributed by atoms with Crippen molar-refractivity contribution in [2.45, 2.75) is 26.2 Å². The molecule has 0 atom stereocenters. The number of aliphatic imine (C=N–C) groups is 1. The summed E-state index contributed by atoms with van der Waals surface area (Å²) in [6.07, 6.45) is 3.41. The van der Waals surface area contributed by atoms with Gasteiger partial charge in [-0.15, -0.1) is 24.0 Å². The van der Waals surface area contributed by atoms with Crippen LogP contribution in [0.2, 0.25) is 0 Å². The topological polar surface area (TPSA) is 81.1 Å². The average molecular weight is 500 g/mol. The number of likely N-dealkylation sites (tertiary alicyclic amines) is 1. The summed E-state index contributed by atoms with van der Waals surface area (Å²) in [5, 5.41) is 3.32. The van der Waals surface area contributed by atoms with Crippen molar-refractivity contribution >= 4 is 47.6 Å². The van der Waals surface area contributed by atoms with Gasteiger partial charge in [-0.2, -0.15) is 0 Å². The van der Waals surface area contributed by atoms with Gasteiger partial charge < -0.3 is 15.1 Å². The zero-order valence-electron chi connectivity index (χ0n) is 16.3. The van der Waals surface area contributed by atoms with Crippen LogP contribution in [0, 0.1) is 0 Å². The number of nitrogens with zero attached hydrogens (tertiary/aromatic N) is 5. The molecule has 2 amide bonds. The summed E-state index contributed by atoms with van der Waals surface area (Å²) in [5.41, 5.74) is 0. The van der Waals surface area contributed by atoms with Gasteiger partial charge in [0.15, 0.2) is 5.96 Å². The molecule has 28 heavy (non-hydrogen) atoms. The van der Waals surface area contributed by atoms with Crippen LogP contribution in [0.4, 0.5) is 5.82 Å². The fourth-order valence-electron chi connectivity index (χ4n) is 3.42. The molecule has 0 bridgehead atoms. The van der Waals surface area contributed by atoms with Gasteiger partial charge in [-0.25, -0.2) is 4.98 Å². The number of amides is 2. The fourth-order valence-corrected chi connectivity index (χ4v) is 3.42. The van der Waals surface area contributed by atoms with Gasteiger partial charge >= 0.3 is 0 Å². The van der Waals surface area contributed by atoms with Crippen LogP contribution >= 0.6 is 24.0 Å². The number of rotatable bonds is 5. The molecular formula is C19H29IN6O2. The molecule has 2 fully saturated rings. The Kier molecular flexibility index (Phi) is 8.94. The monoisotopic (exact) mass is 500 g/mol. The molecule has 1 aromatic heterocycles. The first-order valence-electron chi connectivity index (χ1n) is 9.71. The predicted octanol–water partition coefficient (Wildman–Crippen LogP) is 1.33. The summed E-state index contributed by atoms with van der Waals surface area (Å²) >= 11 is 0. The zero-order chi connectivity index (χ0) is 19.1. The van der Waals surface area contributed by atoms with Gasteiger partial charge in [-0.1, -0.05) is 6.07 Å². The highest BCUT2D eigenvalue weighted by molar-refractivity contribution is 14.0. The Bertz CT molecular complexity index is 660. The minimum atomic E-state index is -0.0737. The van der Waals surface area contributed by atoms with E-state index in [0.717, 1.165) is 44.5 Å². The predicted molar refractivity (Wildman–Crippen MR) is 120 cm³/mol. The van der Waals surface area contributed by atoms with Crippen molar-refractivity contribution in [1.82, 2.24) is 20.1 Å². The second kappa shape index (κ2) is 11.2. The van der Waals surface area contributed by atoms with Crippen LogP contribution in [0.15, 0.2) is 29.4 Å². The third kappa shape index (κ3) is 5.79. The molecular weight excluding hydrogens is 471 g/mol. The second-order valence-corrected chi connectivity index (χ2v) is 6.69. The highest BCUT2D eigenvalue weighted by atomic mass is 127. The van der Waals surface area contributed by atoms with Gasteiger partial charge in [0, 0.05) is 58.3 Å². The first-order valence-corrected chi connectivity index (χ1v) is 9.71. The van der Waals surface area contributed by atoms with E-state index in [2.05, 4.69) is 25.1 Å². The number of aromatic nitrogens is 1. The average Bonchev–Trinajstić information content (AvgIpc) is 2.70. The van der Waals surface area contributed by atoms with E-state index >= 15 is 0 Å². The minimum Gasteiger partial charge on any atom is -0.357 e. The van der Waals surface area contributed by atoms with Gasteiger partial charge in [-0.3, -0.25) is 19.5 Å². The molecule has 2 saturated heterocycles. The number of hydrogen-bond donors (Lipinski definition) is 1. The van der Waals surface area contributed by atoms with Crippen LogP contribution < -0.4 is 10.2 Å². The number of piperazine rings is 1. The number of hydrogen-bond acceptors (Lipinski definition) is 5. The van der Waals surface area contributed by atoms with Crippen LogP contribution in [0.3, 0.4) is 0 Å². The molecule has 0 radical (unpaired) electrons. The molecule has 1 aromatic rings. The maximum Gasteiger partial charge on any atom is 0.229 e. The second-order valence-electron chi connectivity index (χ2n) is 6.69. The standard InChI is InChI=1S/C19H28N6O2.HI/c1-2-20-19(22-10-11-25-17(26)7-5-8-18(25)27)24-14-12-23(13-15-24)16-6-3-4-9-21-16;/h3-4,6,9H,2,5,7-8,10-15H2,1H3,(H,20,22);1H. The molecule has 3 heterocycles. The lowest BCUT2D eigenvalue weighted by atomic mass is 10.1. The number of imide groups is 1. The molecule has 2 aliphatic rings. The summed E-state index contributed by atoms with van der Waals surface area (Å²) in [6.45, 7) is 7.07. The number of pyridine rings is 1. The van der Waals surface area contributed by atoms with Crippen LogP contribution in [0.1, 0.15) is 26.2 Å². The van der Waals surface area contributed by atoms with Crippen molar-refractivity contribution in [3.8, 4) is 0 Å². The van der Waals surface area contributed by atoms with Crippen LogP contribution in [0.25, 0.3) is 0 Å². The van der Waals surface area contributed by atoms with Crippen molar-refractivity contribution in [3.05, 3.63) is 24.4 Å². The normalized spacial score (nSPS) is 18.2. The Labute approximate surface area is 183 Å². The number of nitrogens with one attached hydrogen (secondary N) is 1. The number of piperidine rings is 1. The Balaban J connectivity index is 0.00000280. The maximum absolute atomic E-state index is 11.9. The summed E-state index contributed by atoms with van der Waals surface area (Å²) in [5.74, 6) is 1.70. The lowest BCUT2D eigenvalue weighted by Crippen LogP contribution is -2.53. The third-order valence-corrected chi connectivity index (χ3v) is 4.86. The zero-order valence-corrected chi connectivity index (χ0v) is 18.7. The van der Waals surface area contributed by atoms with Gasteiger partial charge in [-0.05, 0) is 25.5 Å². The molecule has 154 valence electrons. The van der Waals surface area contributed by atoms with Gasteiger partial charge in [0.1, 0.15) is 5.82 Å². The van der Waals surface area contributed by atoms with Crippen LogP contribution in [0.5, 0.6) is 0 Å². The molecule has 0 aromatic carbocycles. The minimum absolute atomic E-state index is 0. The van der Waals surface area contributed by atoms with Crippen molar-refractivity contribution in [2.75, 3.05) is 50.7 Å². The lowest BCUT2D eigenvalue weighted by Gasteiger charge is -2.37. The molecule has 2 aliphatic heterocycles. The quantitative estimate of drug-likeness (QED) is 0.285. The lowest BCUT2D eigenvalue weighted by molar-refractivity contribution is -0.147. The van der Waals surface area contributed by atoms with E-state index in [1.165, 1.54) is 4.90 Å². The molecule has 8 nitrogen and oxygen atoms in total. The van der Waals surface area contributed by atoms with Crippen LogP contribution in [-0.2, 0) is 9.59 Å². The number of carbonyl (C=O) groups excluding carboxylic acids is 2. The van der Waals surface area contributed by atoms with Crippen molar-refractivity contribution in [2.24, 2.45) is 4.99 Å². The summed E-state index contributed by atoms with van der Waals surface area (Å²) in [4.78, 5) is 38.7. The van der Waals surface area contributed by atoms with Gasteiger partial charge in [0.05, 0.1) is 6.54 Å². The Morgan fingerprint density at radius 3 is 2.46 bits per heavy atom. The van der Waals surface area contributed by atoms with E-state index in [9.17, 15) is 9.59 Å². The molecule has 3 rings (SSSR count). The Hall–Kier alpha value is -1.91. The van der Waals surface area contributed by atoms with E-state index in [0.29, 0.717) is 32.4 Å². The molecule has 0 spiro atoms. The molecule has 0 unspecified atom stereocenters. The first kappa shape index (κ1) is 22.4. The van der Waals surface area contributed by atoms with Crippen molar-refractivity contribution < 1.29 is 9.59 Å². The molecule has 1 N–H and O–H groups in total. The van der Waals surface area contributed by atoms with E-state index < -0.39 is 0 Å². The van der Waals surface area contributed by atoms with Crippen molar-refractivity contribution in [1.29, 1.82) is 0 Å². The van der Waals surface area contributed by atoms with E-state index in [-0.39, 0.29) is 35.8 Å². The SMILES string of the molecule is CCNC(=NCCN1C(=O)CCCC1=O)N1CCN(c2ccccn2)CC1.I. The third-order valence-electron chi connectivity index (χ3n) is 4.86. The number of halogens is 1. The number of anilines is 1. The summed E-state index contributed by atoms with van der Waals surface area (Å²) in [7, 11) is 0. The largest absolute Gasteiger partial charge is 0.357 e. The Morgan fingerprint density at radius 1 is 1.14 bits per heavy atom. The number of guanidine groups is 1. The fraction of sp³-hybridized carbons (Fsp3) is 0.579. The highest BCUT2D eigenvalue weighted by Gasteiger charge is 2.25. The molecule has 9 heteroatoms. The molecule has 0 saturated carbocycles. The van der Waals surface area contributed by atoms with E-state index in [1.807, 2.05) is 31.3 Å². The van der Waals surface area contributed by atoms with Gasteiger partial charge in [0.25, 0.3) is 0 Å². The maximum atomic E-state index is 11.9. The summed E-state index contributed by atoms with van der Waals surface area (Å²) in [6, 6.07) is 5.96. The van der Waals surface area contributed by atoms with Gasteiger partial charge in [0.2, 0.25) is 11.8 Å². The van der Waals surface area contributed by atoms with E-state index in [1.54, 1.807) is 0 Å². The number of carbonyl (C=O) groups is 2. The molecule has 0 aliphatic carbocycles. The summed E-state index contributed by atoms with van der Waals surface area (Å²) < 4.78 is 0. The first-order chi connectivity index (χ1) is 13.2.